The molecule has 5 rings (SSSR count). The minimum Gasteiger partial charge on any atom is -0.507 e. The molecule has 5 aromatic rings. The number of aryl methyl sites for hydroxylation is 3. The summed E-state index contributed by atoms with van der Waals surface area (Å²) in [5.74, 6) is -1.85. The topological polar surface area (TPSA) is 117 Å². The first-order valence-electron chi connectivity index (χ1n) is 12.5. The monoisotopic (exact) mass is 511 g/mol. The molecular formula is C30H29N3O5. The third-order valence-electron chi connectivity index (χ3n) is 7.15. The summed E-state index contributed by atoms with van der Waals surface area (Å²) in [6.45, 7) is 4.05. The molecular weight excluding hydrogens is 482 g/mol. The number of fused-ring (bicyclic) bond motifs is 2. The maximum Gasteiger partial charge on any atom is 0.306 e. The fourth-order valence-electron chi connectivity index (χ4n) is 5.16. The normalized spacial score (nSPS) is 12.2. The predicted molar refractivity (Wildman–Crippen MR) is 147 cm³/mol. The fourth-order valence-corrected chi connectivity index (χ4v) is 5.16. The largest absolute Gasteiger partial charge is 0.507 e. The number of nitrogens with one attached hydrogen (secondary N) is 2. The van der Waals surface area contributed by atoms with E-state index in [1.807, 2.05) is 55.6 Å². The lowest BCUT2D eigenvalue weighted by atomic mass is 9.88. The zero-order valence-electron chi connectivity index (χ0n) is 21.5. The number of H-pyrrole nitrogens is 2. The van der Waals surface area contributed by atoms with Gasteiger partial charge in [0.2, 0.25) is 0 Å². The second-order valence-corrected chi connectivity index (χ2v) is 9.63. The zero-order chi connectivity index (χ0) is 27.0. The first kappa shape index (κ1) is 25.1. The molecule has 8 nitrogen and oxygen atoms in total. The minimum atomic E-state index is -0.997. The van der Waals surface area contributed by atoms with E-state index in [1.165, 1.54) is 13.2 Å². The molecule has 0 bridgehead atoms. The van der Waals surface area contributed by atoms with Crippen LogP contribution in [-0.4, -0.2) is 32.7 Å². The highest BCUT2D eigenvalue weighted by Gasteiger charge is 2.29. The van der Waals surface area contributed by atoms with Gasteiger partial charge in [0.05, 0.1) is 19.1 Å². The van der Waals surface area contributed by atoms with Crippen LogP contribution in [0.2, 0.25) is 0 Å². The van der Waals surface area contributed by atoms with Gasteiger partial charge in [-0.1, -0.05) is 29.8 Å². The number of ether oxygens (including phenoxy) is 1. The smallest absolute Gasteiger partial charge is 0.306 e. The van der Waals surface area contributed by atoms with E-state index in [0.717, 1.165) is 27.4 Å². The fraction of sp³-hybridized carbons (Fsp3) is 0.233. The van der Waals surface area contributed by atoms with Crippen LogP contribution in [0.5, 0.6) is 5.75 Å². The molecule has 3 heterocycles. The van der Waals surface area contributed by atoms with Crippen LogP contribution in [0.25, 0.3) is 21.8 Å². The molecule has 0 saturated heterocycles. The lowest BCUT2D eigenvalue weighted by molar-refractivity contribution is -0.140. The van der Waals surface area contributed by atoms with Gasteiger partial charge in [0, 0.05) is 46.3 Å². The van der Waals surface area contributed by atoms with E-state index in [9.17, 15) is 19.5 Å². The Labute approximate surface area is 218 Å². The third-order valence-corrected chi connectivity index (χ3v) is 7.15. The molecule has 3 N–H and O–H groups in total. The number of rotatable bonds is 7. The summed E-state index contributed by atoms with van der Waals surface area (Å²) in [5, 5.41) is 12.8. The number of nitrogens with zero attached hydrogens (tertiary/aromatic N) is 1. The Morgan fingerprint density at radius 2 is 1.84 bits per heavy atom. The zero-order valence-corrected chi connectivity index (χ0v) is 21.5. The molecule has 0 saturated carbocycles. The summed E-state index contributed by atoms with van der Waals surface area (Å²) < 4.78 is 6.48. The van der Waals surface area contributed by atoms with Crippen molar-refractivity contribution >= 4 is 27.8 Å². The van der Waals surface area contributed by atoms with Crippen LogP contribution in [0.3, 0.4) is 0 Å². The molecule has 1 unspecified atom stereocenters. The van der Waals surface area contributed by atoms with Gasteiger partial charge in [0.25, 0.3) is 11.1 Å². The highest BCUT2D eigenvalue weighted by Crippen LogP contribution is 2.32. The molecule has 0 spiro atoms. The number of aromatic amines is 2. The van der Waals surface area contributed by atoms with Gasteiger partial charge in [0.1, 0.15) is 5.75 Å². The molecule has 38 heavy (non-hydrogen) atoms. The summed E-state index contributed by atoms with van der Waals surface area (Å²) in [5.41, 5.74) is 3.64. The van der Waals surface area contributed by atoms with E-state index in [-0.39, 0.29) is 23.3 Å². The number of carbonyl (C=O) groups excluding carboxylic acids is 1. The molecule has 194 valence electrons. The van der Waals surface area contributed by atoms with Gasteiger partial charge in [-0.3, -0.25) is 14.4 Å². The summed E-state index contributed by atoms with van der Waals surface area (Å²) in [4.78, 5) is 45.6. The van der Waals surface area contributed by atoms with Crippen molar-refractivity contribution < 1.29 is 14.6 Å². The Hall–Kier alpha value is -4.59. The standard InChI is InChI=1S/C30H29N3O5/c1-17-8-9-24-20(12-17)14-23(29(36)32-24)22(15-27(35)38-3)28-26(34)13-18(2)33(30(28)37)11-10-19-16-31-25-7-5-4-6-21(19)25/h4-9,12-14,16,22,31,34H,10-11,15H2,1-3H3,(H,32,36). The molecule has 0 radical (unpaired) electrons. The number of aromatic hydroxyl groups is 1. The Kier molecular flexibility index (Phi) is 6.63. The van der Waals surface area contributed by atoms with Crippen molar-refractivity contribution in [2.45, 2.75) is 39.2 Å². The Bertz CT molecular complexity index is 1790. The van der Waals surface area contributed by atoms with Crippen molar-refractivity contribution in [1.82, 2.24) is 14.5 Å². The maximum absolute atomic E-state index is 13.9. The number of para-hydroxylation sites is 1. The average molecular weight is 512 g/mol. The van der Waals surface area contributed by atoms with Crippen molar-refractivity contribution in [3.05, 3.63) is 109 Å². The van der Waals surface area contributed by atoms with E-state index in [1.54, 1.807) is 17.6 Å². The molecule has 0 amide bonds. The number of benzene rings is 2. The van der Waals surface area contributed by atoms with E-state index in [4.69, 9.17) is 4.74 Å². The molecule has 3 aromatic heterocycles. The van der Waals surface area contributed by atoms with Crippen molar-refractivity contribution in [2.75, 3.05) is 7.11 Å². The van der Waals surface area contributed by atoms with Gasteiger partial charge in [-0.15, -0.1) is 0 Å². The van der Waals surface area contributed by atoms with Crippen molar-refractivity contribution in [2.24, 2.45) is 0 Å². The van der Waals surface area contributed by atoms with Gasteiger partial charge in [0.15, 0.2) is 0 Å². The second kappa shape index (κ2) is 10.0. The Morgan fingerprint density at radius 1 is 1.05 bits per heavy atom. The maximum atomic E-state index is 13.9. The average Bonchev–Trinajstić information content (AvgIpc) is 3.30. The van der Waals surface area contributed by atoms with Crippen LogP contribution < -0.4 is 11.1 Å². The number of hydrogen-bond acceptors (Lipinski definition) is 5. The number of carbonyl (C=O) groups is 1. The number of esters is 1. The Morgan fingerprint density at radius 3 is 2.63 bits per heavy atom. The molecule has 0 aliphatic heterocycles. The van der Waals surface area contributed by atoms with Crippen molar-refractivity contribution in [3.8, 4) is 5.75 Å². The lowest BCUT2D eigenvalue weighted by Crippen LogP contribution is -2.31. The van der Waals surface area contributed by atoms with Crippen molar-refractivity contribution in [3.63, 3.8) is 0 Å². The van der Waals surface area contributed by atoms with Crippen LogP contribution in [0.1, 0.15) is 40.3 Å². The van der Waals surface area contributed by atoms with Crippen LogP contribution in [0.15, 0.2) is 70.4 Å². The van der Waals surface area contributed by atoms with Crippen molar-refractivity contribution in [1.29, 1.82) is 0 Å². The molecule has 1 atom stereocenters. The van der Waals surface area contributed by atoms with E-state index in [2.05, 4.69) is 9.97 Å². The highest BCUT2D eigenvalue weighted by molar-refractivity contribution is 5.83. The first-order valence-corrected chi connectivity index (χ1v) is 12.5. The second-order valence-electron chi connectivity index (χ2n) is 9.63. The van der Waals surface area contributed by atoms with Gasteiger partial charge >= 0.3 is 5.97 Å². The quantitative estimate of drug-likeness (QED) is 0.280. The van der Waals surface area contributed by atoms with E-state index in [0.29, 0.717) is 24.2 Å². The molecule has 0 aliphatic carbocycles. The summed E-state index contributed by atoms with van der Waals surface area (Å²) in [6.07, 6.45) is 2.24. The number of methoxy groups -OCH3 is 1. The number of hydrogen-bond donors (Lipinski definition) is 3. The Balaban J connectivity index is 1.62. The SMILES string of the molecule is COC(=O)CC(c1cc2cc(C)ccc2[nH]c1=O)c1c(O)cc(C)n(CCc2c[nH]c3ccccc23)c1=O. The molecule has 0 aliphatic rings. The summed E-state index contributed by atoms with van der Waals surface area (Å²) in [6, 6.07) is 16.8. The highest BCUT2D eigenvalue weighted by atomic mass is 16.5. The van der Waals surface area contributed by atoms with Crippen LogP contribution in [0.4, 0.5) is 0 Å². The predicted octanol–water partition coefficient (Wildman–Crippen LogP) is 4.43. The minimum absolute atomic E-state index is 0.00238. The summed E-state index contributed by atoms with van der Waals surface area (Å²) >= 11 is 0. The van der Waals surface area contributed by atoms with Gasteiger partial charge in [-0.05, 0) is 61.5 Å². The molecule has 8 heteroatoms. The molecule has 2 aromatic carbocycles. The number of aromatic nitrogens is 3. The number of pyridine rings is 2. The lowest BCUT2D eigenvalue weighted by Gasteiger charge is -2.20. The van der Waals surface area contributed by atoms with Gasteiger partial charge in [-0.2, -0.15) is 0 Å². The van der Waals surface area contributed by atoms with Crippen LogP contribution in [0, 0.1) is 13.8 Å². The first-order chi connectivity index (χ1) is 18.3. The molecule has 0 fully saturated rings. The third kappa shape index (κ3) is 4.61. The van der Waals surface area contributed by atoms with Gasteiger partial charge < -0.3 is 24.4 Å². The summed E-state index contributed by atoms with van der Waals surface area (Å²) in [7, 11) is 1.25. The van der Waals surface area contributed by atoms with Crippen LogP contribution >= 0.6 is 0 Å². The van der Waals surface area contributed by atoms with Gasteiger partial charge in [-0.25, -0.2) is 0 Å². The van der Waals surface area contributed by atoms with E-state index >= 15 is 0 Å². The van der Waals surface area contributed by atoms with Crippen LogP contribution in [-0.2, 0) is 22.5 Å². The van der Waals surface area contributed by atoms with E-state index < -0.39 is 23.0 Å².